The lowest BCUT2D eigenvalue weighted by Crippen LogP contribution is -2.20. The first-order chi connectivity index (χ1) is 10.3. The Bertz CT molecular complexity index is 613. The smallest absolute Gasteiger partial charge is 0.231 e. The average molecular weight is 287 g/mol. The molecule has 3 nitrogen and oxygen atoms in total. The molecule has 4 heteroatoms. The number of rotatable bonds is 5. The molecule has 2 aromatic carbocycles. The second kappa shape index (κ2) is 6.14. The van der Waals surface area contributed by atoms with E-state index in [1.165, 1.54) is 12.1 Å². The van der Waals surface area contributed by atoms with Gasteiger partial charge in [-0.15, -0.1) is 0 Å². The van der Waals surface area contributed by atoms with E-state index in [-0.39, 0.29) is 11.9 Å². The van der Waals surface area contributed by atoms with Crippen LogP contribution in [0.5, 0.6) is 11.5 Å². The van der Waals surface area contributed by atoms with E-state index in [9.17, 15) is 4.39 Å². The predicted molar refractivity (Wildman–Crippen MR) is 78.8 cm³/mol. The van der Waals surface area contributed by atoms with Crippen LogP contribution >= 0.6 is 0 Å². The van der Waals surface area contributed by atoms with E-state index in [1.54, 1.807) is 0 Å². The fourth-order valence-corrected chi connectivity index (χ4v) is 2.48. The van der Waals surface area contributed by atoms with Gasteiger partial charge in [0.15, 0.2) is 11.5 Å². The molecule has 0 saturated carbocycles. The van der Waals surface area contributed by atoms with Gasteiger partial charge in [0, 0.05) is 12.6 Å². The molecule has 0 fully saturated rings. The molecule has 0 aliphatic carbocycles. The van der Waals surface area contributed by atoms with E-state index >= 15 is 0 Å². The largest absolute Gasteiger partial charge is 0.454 e. The van der Waals surface area contributed by atoms with Gasteiger partial charge in [-0.2, -0.15) is 0 Å². The molecule has 0 saturated heterocycles. The first-order valence-corrected chi connectivity index (χ1v) is 7.13. The molecule has 110 valence electrons. The molecule has 1 N–H and O–H groups in total. The highest BCUT2D eigenvalue weighted by atomic mass is 19.1. The van der Waals surface area contributed by atoms with Gasteiger partial charge >= 0.3 is 0 Å². The molecule has 21 heavy (non-hydrogen) atoms. The molecule has 3 rings (SSSR count). The lowest BCUT2D eigenvalue weighted by molar-refractivity contribution is 0.174. The quantitative estimate of drug-likeness (QED) is 0.907. The fraction of sp³-hybridized carbons (Fsp3) is 0.294. The van der Waals surface area contributed by atoms with Crippen LogP contribution in [-0.2, 0) is 6.54 Å². The van der Waals surface area contributed by atoms with Crippen molar-refractivity contribution < 1.29 is 13.9 Å². The van der Waals surface area contributed by atoms with Gasteiger partial charge < -0.3 is 14.8 Å². The van der Waals surface area contributed by atoms with Crippen LogP contribution in [-0.4, -0.2) is 6.79 Å². The van der Waals surface area contributed by atoms with Crippen molar-refractivity contribution >= 4 is 0 Å². The molecular formula is C17H18FNO2. The first kappa shape index (κ1) is 13.9. The van der Waals surface area contributed by atoms with Crippen LogP contribution in [0.4, 0.5) is 4.39 Å². The van der Waals surface area contributed by atoms with Crippen molar-refractivity contribution in [2.24, 2.45) is 0 Å². The van der Waals surface area contributed by atoms with Crippen molar-refractivity contribution in [1.29, 1.82) is 0 Å². The SMILES string of the molecule is CC[C@H](NCc1ccc2c(c1)OCO2)c1ccc(F)cc1. The Morgan fingerprint density at radius 3 is 2.62 bits per heavy atom. The maximum absolute atomic E-state index is 13.0. The summed E-state index contributed by atoms with van der Waals surface area (Å²) in [5, 5.41) is 3.49. The summed E-state index contributed by atoms with van der Waals surface area (Å²) in [4.78, 5) is 0. The normalized spacial score (nSPS) is 14.2. The van der Waals surface area contributed by atoms with Crippen molar-refractivity contribution in [3.05, 3.63) is 59.4 Å². The summed E-state index contributed by atoms with van der Waals surface area (Å²) in [5.74, 6) is 1.39. The minimum Gasteiger partial charge on any atom is -0.454 e. The standard InChI is InChI=1S/C17H18FNO2/c1-2-15(13-4-6-14(18)7-5-13)19-10-12-3-8-16-17(9-12)21-11-20-16/h3-9,15,19H,2,10-11H2,1H3/t15-/m0/s1. The summed E-state index contributed by atoms with van der Waals surface area (Å²) >= 11 is 0. The molecule has 1 aliphatic rings. The van der Waals surface area contributed by atoms with Crippen LogP contribution in [0, 0.1) is 5.82 Å². The Balaban J connectivity index is 1.66. The summed E-state index contributed by atoms with van der Waals surface area (Å²) in [5.41, 5.74) is 2.24. The molecular weight excluding hydrogens is 269 g/mol. The van der Waals surface area contributed by atoms with E-state index < -0.39 is 0 Å². The zero-order valence-corrected chi connectivity index (χ0v) is 11.9. The van der Waals surface area contributed by atoms with Gasteiger partial charge in [-0.05, 0) is 41.8 Å². The Hall–Kier alpha value is -2.07. The van der Waals surface area contributed by atoms with Gasteiger partial charge in [0.1, 0.15) is 5.82 Å². The Morgan fingerprint density at radius 1 is 1.10 bits per heavy atom. The zero-order valence-electron chi connectivity index (χ0n) is 11.9. The molecule has 0 radical (unpaired) electrons. The minimum atomic E-state index is -0.204. The van der Waals surface area contributed by atoms with Crippen LogP contribution < -0.4 is 14.8 Å². The summed E-state index contributed by atoms with van der Waals surface area (Å²) in [6.07, 6.45) is 0.941. The Labute approximate surface area is 123 Å². The van der Waals surface area contributed by atoms with Gasteiger partial charge in [-0.1, -0.05) is 25.1 Å². The summed E-state index contributed by atoms with van der Waals surface area (Å²) in [6, 6.07) is 12.8. The van der Waals surface area contributed by atoms with Gasteiger partial charge in [-0.25, -0.2) is 4.39 Å². The lowest BCUT2D eigenvalue weighted by atomic mass is 10.0. The number of hydrogen-bond acceptors (Lipinski definition) is 3. The molecule has 0 amide bonds. The molecule has 1 atom stereocenters. The molecule has 1 heterocycles. The topological polar surface area (TPSA) is 30.5 Å². The number of ether oxygens (including phenoxy) is 2. The van der Waals surface area contributed by atoms with Crippen molar-refractivity contribution in [1.82, 2.24) is 5.32 Å². The third kappa shape index (κ3) is 3.16. The number of hydrogen-bond donors (Lipinski definition) is 1. The van der Waals surface area contributed by atoms with E-state index in [4.69, 9.17) is 9.47 Å². The van der Waals surface area contributed by atoms with Gasteiger partial charge in [-0.3, -0.25) is 0 Å². The molecule has 0 spiro atoms. The fourth-order valence-electron chi connectivity index (χ4n) is 2.48. The monoisotopic (exact) mass is 287 g/mol. The van der Waals surface area contributed by atoms with Crippen LogP contribution in [0.15, 0.2) is 42.5 Å². The number of fused-ring (bicyclic) bond motifs is 1. The van der Waals surface area contributed by atoms with E-state index in [2.05, 4.69) is 12.2 Å². The number of nitrogens with one attached hydrogen (secondary N) is 1. The maximum Gasteiger partial charge on any atom is 0.231 e. The van der Waals surface area contributed by atoms with E-state index in [0.29, 0.717) is 6.79 Å². The van der Waals surface area contributed by atoms with Crippen molar-refractivity contribution in [3.8, 4) is 11.5 Å². The first-order valence-electron chi connectivity index (χ1n) is 7.13. The van der Waals surface area contributed by atoms with E-state index in [0.717, 1.165) is 35.6 Å². The Kier molecular flexibility index (Phi) is 4.06. The average Bonchev–Trinajstić information content (AvgIpc) is 2.97. The van der Waals surface area contributed by atoms with Crippen molar-refractivity contribution in [2.75, 3.05) is 6.79 Å². The van der Waals surface area contributed by atoms with Gasteiger partial charge in [0.25, 0.3) is 0 Å². The predicted octanol–water partition coefficient (Wildman–Crippen LogP) is 3.80. The highest BCUT2D eigenvalue weighted by molar-refractivity contribution is 5.44. The highest BCUT2D eigenvalue weighted by Gasteiger charge is 2.14. The van der Waals surface area contributed by atoms with Gasteiger partial charge in [0.05, 0.1) is 0 Å². The van der Waals surface area contributed by atoms with Crippen LogP contribution in [0.3, 0.4) is 0 Å². The minimum absolute atomic E-state index is 0.204. The molecule has 0 bridgehead atoms. The van der Waals surface area contributed by atoms with Crippen LogP contribution in [0.2, 0.25) is 0 Å². The molecule has 0 aromatic heterocycles. The van der Waals surface area contributed by atoms with Crippen molar-refractivity contribution in [2.45, 2.75) is 25.9 Å². The van der Waals surface area contributed by atoms with Crippen LogP contribution in [0.1, 0.15) is 30.5 Å². The summed E-state index contributed by atoms with van der Waals surface area (Å²) in [7, 11) is 0. The molecule has 2 aromatic rings. The second-order valence-corrected chi connectivity index (χ2v) is 5.08. The molecule has 0 unspecified atom stereocenters. The zero-order chi connectivity index (χ0) is 14.7. The third-order valence-electron chi connectivity index (χ3n) is 3.67. The maximum atomic E-state index is 13.0. The van der Waals surface area contributed by atoms with Crippen LogP contribution in [0.25, 0.3) is 0 Å². The summed E-state index contributed by atoms with van der Waals surface area (Å²) in [6.45, 7) is 3.13. The lowest BCUT2D eigenvalue weighted by Gasteiger charge is -2.17. The third-order valence-corrected chi connectivity index (χ3v) is 3.67. The van der Waals surface area contributed by atoms with Crippen molar-refractivity contribution in [3.63, 3.8) is 0 Å². The molecule has 1 aliphatic heterocycles. The Morgan fingerprint density at radius 2 is 1.86 bits per heavy atom. The number of benzene rings is 2. The summed E-state index contributed by atoms with van der Waals surface area (Å²) < 4.78 is 23.7. The highest BCUT2D eigenvalue weighted by Crippen LogP contribution is 2.32. The van der Waals surface area contributed by atoms with Gasteiger partial charge in [0.2, 0.25) is 6.79 Å². The number of halogens is 1. The van der Waals surface area contributed by atoms with E-state index in [1.807, 2.05) is 30.3 Å². The second-order valence-electron chi connectivity index (χ2n) is 5.08.